The zero-order chi connectivity index (χ0) is 7.78. The standard InChI is InChI=1S/C5H4F3NS.H3N/c1-3-2-9-4(10-3)5(6,7)8;/h2H,1H3;1H3. The van der Waals surface area contributed by atoms with Gasteiger partial charge in [-0.3, -0.25) is 0 Å². The van der Waals surface area contributed by atoms with Crippen molar-refractivity contribution in [1.29, 1.82) is 0 Å². The molecule has 0 radical (unpaired) electrons. The minimum atomic E-state index is -4.28. The van der Waals surface area contributed by atoms with Crippen LogP contribution in [0, 0.1) is 6.92 Å². The van der Waals surface area contributed by atoms with Crippen LogP contribution in [0.15, 0.2) is 6.20 Å². The van der Waals surface area contributed by atoms with E-state index in [9.17, 15) is 13.2 Å². The molecular formula is C5H7F3N2S. The monoisotopic (exact) mass is 184 g/mol. The summed E-state index contributed by atoms with van der Waals surface area (Å²) in [4.78, 5) is 3.76. The molecule has 0 amide bonds. The van der Waals surface area contributed by atoms with Crippen LogP contribution in [0.3, 0.4) is 0 Å². The molecule has 0 aliphatic rings. The summed E-state index contributed by atoms with van der Waals surface area (Å²) in [5, 5.41) is -0.773. The molecule has 0 spiro atoms. The van der Waals surface area contributed by atoms with Gasteiger partial charge < -0.3 is 6.15 Å². The fourth-order valence-electron chi connectivity index (χ4n) is 0.486. The Morgan fingerprint density at radius 3 is 2.18 bits per heavy atom. The summed E-state index contributed by atoms with van der Waals surface area (Å²) in [7, 11) is 0. The topological polar surface area (TPSA) is 47.9 Å². The lowest BCUT2D eigenvalue weighted by Crippen LogP contribution is -2.02. The molecule has 1 rings (SSSR count). The van der Waals surface area contributed by atoms with Gasteiger partial charge in [-0.05, 0) is 6.92 Å². The highest BCUT2D eigenvalue weighted by Crippen LogP contribution is 2.31. The van der Waals surface area contributed by atoms with E-state index in [0.29, 0.717) is 16.2 Å². The summed E-state index contributed by atoms with van der Waals surface area (Å²) < 4.78 is 35.2. The Labute approximate surface area is 65.7 Å². The van der Waals surface area contributed by atoms with Crippen molar-refractivity contribution >= 4 is 11.3 Å². The highest BCUT2D eigenvalue weighted by molar-refractivity contribution is 7.11. The number of hydrogen-bond acceptors (Lipinski definition) is 3. The van der Waals surface area contributed by atoms with Gasteiger partial charge in [0.1, 0.15) is 0 Å². The van der Waals surface area contributed by atoms with Crippen LogP contribution in [0.4, 0.5) is 13.2 Å². The molecule has 0 aliphatic carbocycles. The van der Waals surface area contributed by atoms with E-state index in [2.05, 4.69) is 4.98 Å². The molecule has 0 aromatic carbocycles. The molecule has 0 bridgehead atoms. The van der Waals surface area contributed by atoms with Crippen molar-refractivity contribution in [2.75, 3.05) is 0 Å². The number of aromatic nitrogens is 1. The quantitative estimate of drug-likeness (QED) is 0.673. The van der Waals surface area contributed by atoms with Gasteiger partial charge in [0, 0.05) is 11.1 Å². The van der Waals surface area contributed by atoms with Gasteiger partial charge in [-0.25, -0.2) is 4.98 Å². The van der Waals surface area contributed by atoms with Crippen molar-refractivity contribution < 1.29 is 13.2 Å². The van der Waals surface area contributed by atoms with Crippen LogP contribution >= 0.6 is 11.3 Å². The molecule has 1 aromatic rings. The van der Waals surface area contributed by atoms with E-state index in [4.69, 9.17) is 0 Å². The third kappa shape index (κ3) is 2.47. The maximum Gasteiger partial charge on any atom is 0.443 e. The first-order valence-electron chi connectivity index (χ1n) is 2.50. The third-order valence-corrected chi connectivity index (χ3v) is 1.82. The Bertz CT molecular complexity index is 230. The summed E-state index contributed by atoms with van der Waals surface area (Å²) in [5.74, 6) is 0. The van der Waals surface area contributed by atoms with Gasteiger partial charge in [-0.15, -0.1) is 11.3 Å². The second-order valence-electron chi connectivity index (χ2n) is 1.77. The summed E-state index contributed by atoms with van der Waals surface area (Å²) in [6.07, 6.45) is -3.06. The number of hydrogen-bond donors (Lipinski definition) is 1. The lowest BCUT2D eigenvalue weighted by Gasteiger charge is -1.98. The number of aryl methyl sites for hydroxylation is 1. The van der Waals surface area contributed by atoms with Gasteiger partial charge in [0.05, 0.1) is 0 Å². The van der Waals surface area contributed by atoms with E-state index in [1.165, 1.54) is 6.20 Å². The summed E-state index contributed by atoms with van der Waals surface area (Å²) >= 11 is 0.659. The summed E-state index contributed by atoms with van der Waals surface area (Å²) in [6, 6.07) is 0. The normalized spacial score (nSPS) is 10.9. The van der Waals surface area contributed by atoms with Gasteiger partial charge in [0.25, 0.3) is 0 Å². The van der Waals surface area contributed by atoms with E-state index < -0.39 is 11.2 Å². The highest BCUT2D eigenvalue weighted by atomic mass is 32.1. The number of nitrogens with zero attached hydrogens (tertiary/aromatic N) is 1. The highest BCUT2D eigenvalue weighted by Gasteiger charge is 2.33. The number of thiazole rings is 1. The van der Waals surface area contributed by atoms with E-state index in [1.807, 2.05) is 0 Å². The van der Waals surface area contributed by atoms with E-state index in [1.54, 1.807) is 6.92 Å². The lowest BCUT2D eigenvalue weighted by molar-refractivity contribution is -0.137. The Morgan fingerprint density at radius 1 is 1.45 bits per heavy atom. The zero-order valence-corrected chi connectivity index (χ0v) is 6.59. The molecule has 1 aromatic heterocycles. The molecule has 0 unspecified atom stereocenters. The molecule has 0 fully saturated rings. The minimum Gasteiger partial charge on any atom is -0.344 e. The van der Waals surface area contributed by atoms with Gasteiger partial charge in [-0.2, -0.15) is 13.2 Å². The lowest BCUT2D eigenvalue weighted by atomic mass is 10.6. The number of alkyl halides is 3. The predicted molar refractivity (Wildman–Crippen MR) is 36.9 cm³/mol. The molecule has 6 heteroatoms. The predicted octanol–water partition coefficient (Wildman–Crippen LogP) is 2.63. The van der Waals surface area contributed by atoms with Gasteiger partial charge in [-0.1, -0.05) is 0 Å². The molecule has 1 heterocycles. The van der Waals surface area contributed by atoms with E-state index >= 15 is 0 Å². The van der Waals surface area contributed by atoms with Crippen LogP contribution in [-0.2, 0) is 6.18 Å². The fourth-order valence-corrected chi connectivity index (χ4v) is 1.12. The van der Waals surface area contributed by atoms with Crippen LogP contribution in [0.5, 0.6) is 0 Å². The average Bonchev–Trinajstić information content (AvgIpc) is 2.11. The molecule has 64 valence electrons. The van der Waals surface area contributed by atoms with E-state index in [-0.39, 0.29) is 6.15 Å². The first kappa shape index (κ1) is 10.4. The number of halogens is 3. The second-order valence-corrected chi connectivity index (χ2v) is 3.01. The number of rotatable bonds is 0. The van der Waals surface area contributed by atoms with E-state index in [0.717, 1.165) is 0 Å². The molecule has 0 aliphatic heterocycles. The smallest absolute Gasteiger partial charge is 0.344 e. The van der Waals surface area contributed by atoms with Crippen molar-refractivity contribution in [2.24, 2.45) is 0 Å². The van der Waals surface area contributed by atoms with Gasteiger partial charge in [0.2, 0.25) is 0 Å². The Hall–Kier alpha value is -0.620. The Kier molecular flexibility index (Phi) is 3.01. The van der Waals surface area contributed by atoms with Crippen LogP contribution in [0.25, 0.3) is 0 Å². The van der Waals surface area contributed by atoms with Crippen LogP contribution in [0.2, 0.25) is 0 Å². The maximum atomic E-state index is 11.7. The molecule has 11 heavy (non-hydrogen) atoms. The van der Waals surface area contributed by atoms with Crippen molar-refractivity contribution in [2.45, 2.75) is 13.1 Å². The van der Waals surface area contributed by atoms with Crippen molar-refractivity contribution in [3.63, 3.8) is 0 Å². The second kappa shape index (κ2) is 3.19. The molecule has 3 N–H and O–H groups in total. The molecule has 2 nitrogen and oxygen atoms in total. The minimum absolute atomic E-state index is 0. The van der Waals surface area contributed by atoms with Crippen molar-refractivity contribution in [1.82, 2.24) is 11.1 Å². The molecular weight excluding hydrogens is 177 g/mol. The SMILES string of the molecule is Cc1cnc(C(F)(F)F)s1.N. The van der Waals surface area contributed by atoms with Crippen molar-refractivity contribution in [3.05, 3.63) is 16.1 Å². The molecule has 0 atom stereocenters. The van der Waals surface area contributed by atoms with Gasteiger partial charge in [0.15, 0.2) is 5.01 Å². The Balaban J connectivity index is 0.000001000. The van der Waals surface area contributed by atoms with Crippen molar-refractivity contribution in [3.8, 4) is 0 Å². The Morgan fingerprint density at radius 2 is 2.00 bits per heavy atom. The first-order chi connectivity index (χ1) is 4.50. The fraction of sp³-hybridized carbons (Fsp3) is 0.400. The van der Waals surface area contributed by atoms with Crippen LogP contribution < -0.4 is 6.15 Å². The summed E-state index contributed by atoms with van der Waals surface area (Å²) in [6.45, 7) is 1.59. The van der Waals surface area contributed by atoms with Gasteiger partial charge >= 0.3 is 6.18 Å². The molecule has 0 saturated heterocycles. The molecule has 0 saturated carbocycles. The largest absolute Gasteiger partial charge is 0.443 e. The first-order valence-corrected chi connectivity index (χ1v) is 3.31. The third-order valence-electron chi connectivity index (χ3n) is 0.864. The van der Waals surface area contributed by atoms with Crippen LogP contribution in [0.1, 0.15) is 9.88 Å². The summed E-state index contributed by atoms with van der Waals surface area (Å²) in [5.41, 5.74) is 0. The average molecular weight is 184 g/mol. The van der Waals surface area contributed by atoms with Crippen LogP contribution in [-0.4, -0.2) is 4.98 Å². The zero-order valence-electron chi connectivity index (χ0n) is 5.77. The maximum absolute atomic E-state index is 11.7.